The lowest BCUT2D eigenvalue weighted by atomic mass is 10.1. The zero-order chi connectivity index (χ0) is 8.69. The maximum Gasteiger partial charge on any atom is 0.0694 e. The monoisotopic (exact) mass is 157 g/mol. The highest BCUT2D eigenvalue weighted by molar-refractivity contribution is 4.76. The summed E-state index contributed by atoms with van der Waals surface area (Å²) in [6.07, 6.45) is 0.912. The third-order valence-corrected chi connectivity index (χ3v) is 1.49. The van der Waals surface area contributed by atoms with Gasteiger partial charge in [-0.25, -0.2) is 0 Å². The Hall–Kier alpha value is -0.590. The molecule has 3 heteroatoms. The number of aliphatic hydroxyl groups is 2. The molecular weight excluding hydrogens is 142 g/mol. The Labute approximate surface area is 67.3 Å². The van der Waals surface area contributed by atoms with Gasteiger partial charge in [0.1, 0.15) is 0 Å². The molecule has 0 aromatic carbocycles. The quantitative estimate of drug-likeness (QED) is 0.620. The van der Waals surface area contributed by atoms with Gasteiger partial charge >= 0.3 is 0 Å². The normalized spacial score (nSPS) is 15.5. The summed E-state index contributed by atoms with van der Waals surface area (Å²) in [6.45, 7) is 1.97. The lowest BCUT2D eigenvalue weighted by molar-refractivity contribution is 0.0777. The van der Waals surface area contributed by atoms with E-state index in [1.165, 1.54) is 0 Å². The van der Waals surface area contributed by atoms with Crippen LogP contribution in [0.25, 0.3) is 0 Å². The molecule has 0 heterocycles. The first kappa shape index (κ1) is 10.4. The highest BCUT2D eigenvalue weighted by atomic mass is 16.3. The minimum Gasteiger partial charge on any atom is -0.393 e. The number of rotatable bonds is 5. The summed E-state index contributed by atoms with van der Waals surface area (Å²) in [5, 5.41) is 26.4. The summed E-state index contributed by atoms with van der Waals surface area (Å²) in [7, 11) is 0. The van der Waals surface area contributed by atoms with E-state index in [0.29, 0.717) is 12.8 Å². The fraction of sp³-hybridized carbons (Fsp3) is 0.875. The largest absolute Gasteiger partial charge is 0.393 e. The molecule has 0 saturated heterocycles. The number of hydrogen-bond donors (Lipinski definition) is 2. The van der Waals surface area contributed by atoms with Crippen molar-refractivity contribution in [1.82, 2.24) is 0 Å². The summed E-state index contributed by atoms with van der Waals surface area (Å²) in [5.74, 6) is 0. The standard InChI is InChI=1S/C8H15NO2/c1-2-3-7(10)6-8(11)4-5-9/h7-8,10-11H,2-4,6H2,1H3. The van der Waals surface area contributed by atoms with E-state index in [1.807, 2.05) is 13.0 Å². The van der Waals surface area contributed by atoms with Crippen LogP contribution in [0, 0.1) is 11.3 Å². The Morgan fingerprint density at radius 2 is 2.00 bits per heavy atom. The van der Waals surface area contributed by atoms with Gasteiger partial charge in [-0.15, -0.1) is 0 Å². The van der Waals surface area contributed by atoms with Crippen molar-refractivity contribution in [3.8, 4) is 6.07 Å². The first-order valence-corrected chi connectivity index (χ1v) is 3.93. The average Bonchev–Trinajstić information content (AvgIpc) is 1.87. The second kappa shape index (κ2) is 6.14. The van der Waals surface area contributed by atoms with Crippen molar-refractivity contribution < 1.29 is 10.2 Å². The molecule has 0 aromatic rings. The smallest absolute Gasteiger partial charge is 0.0694 e. The number of aliphatic hydroxyl groups excluding tert-OH is 2. The molecule has 0 bridgehead atoms. The molecule has 0 saturated carbocycles. The van der Waals surface area contributed by atoms with Crippen LogP contribution in [0.4, 0.5) is 0 Å². The van der Waals surface area contributed by atoms with Gasteiger partial charge in [-0.1, -0.05) is 13.3 Å². The Morgan fingerprint density at radius 3 is 2.45 bits per heavy atom. The van der Waals surface area contributed by atoms with Crippen LogP contribution in [0.1, 0.15) is 32.6 Å². The molecule has 0 fully saturated rings. The predicted molar refractivity (Wildman–Crippen MR) is 41.8 cm³/mol. The van der Waals surface area contributed by atoms with E-state index in [4.69, 9.17) is 10.4 Å². The van der Waals surface area contributed by atoms with Crippen LogP contribution in [0.15, 0.2) is 0 Å². The first-order valence-electron chi connectivity index (χ1n) is 3.93. The third kappa shape index (κ3) is 5.84. The van der Waals surface area contributed by atoms with Gasteiger partial charge in [-0.3, -0.25) is 0 Å². The van der Waals surface area contributed by atoms with Crippen molar-refractivity contribution in [2.75, 3.05) is 0 Å². The number of hydrogen-bond acceptors (Lipinski definition) is 3. The molecule has 0 radical (unpaired) electrons. The van der Waals surface area contributed by atoms with Crippen LogP contribution in [-0.2, 0) is 0 Å². The minimum atomic E-state index is -0.665. The summed E-state index contributed by atoms with van der Waals surface area (Å²) in [5.41, 5.74) is 0. The molecule has 64 valence electrons. The van der Waals surface area contributed by atoms with Gasteiger partial charge < -0.3 is 10.2 Å². The summed E-state index contributed by atoms with van der Waals surface area (Å²) < 4.78 is 0. The maximum absolute atomic E-state index is 9.18. The molecule has 2 unspecified atom stereocenters. The zero-order valence-electron chi connectivity index (χ0n) is 6.82. The lowest BCUT2D eigenvalue weighted by Crippen LogP contribution is -2.16. The second-order valence-electron chi connectivity index (χ2n) is 2.69. The minimum absolute atomic E-state index is 0.112. The van der Waals surface area contributed by atoms with E-state index in [0.717, 1.165) is 6.42 Å². The van der Waals surface area contributed by atoms with Crippen LogP contribution in [0.3, 0.4) is 0 Å². The predicted octanol–water partition coefficient (Wildman–Crippen LogP) is 0.812. The molecule has 0 rings (SSSR count). The molecule has 0 aliphatic carbocycles. The molecule has 0 aliphatic rings. The highest BCUT2D eigenvalue weighted by Crippen LogP contribution is 2.06. The second-order valence-corrected chi connectivity index (χ2v) is 2.69. The van der Waals surface area contributed by atoms with Gasteiger partial charge in [0.25, 0.3) is 0 Å². The van der Waals surface area contributed by atoms with E-state index in [2.05, 4.69) is 0 Å². The molecule has 0 aliphatic heterocycles. The van der Waals surface area contributed by atoms with Crippen LogP contribution in [0.5, 0.6) is 0 Å². The van der Waals surface area contributed by atoms with Gasteiger partial charge in [-0.2, -0.15) is 5.26 Å². The molecular formula is C8H15NO2. The molecule has 0 aromatic heterocycles. The van der Waals surface area contributed by atoms with Crippen molar-refractivity contribution in [1.29, 1.82) is 5.26 Å². The Kier molecular flexibility index (Phi) is 5.81. The third-order valence-electron chi connectivity index (χ3n) is 1.49. The van der Waals surface area contributed by atoms with Gasteiger partial charge in [0.15, 0.2) is 0 Å². The van der Waals surface area contributed by atoms with Crippen LogP contribution < -0.4 is 0 Å². The van der Waals surface area contributed by atoms with Crippen molar-refractivity contribution in [3.63, 3.8) is 0 Å². The van der Waals surface area contributed by atoms with E-state index in [1.54, 1.807) is 0 Å². The van der Waals surface area contributed by atoms with Gasteiger partial charge in [0, 0.05) is 6.42 Å². The maximum atomic E-state index is 9.18. The van der Waals surface area contributed by atoms with Gasteiger partial charge in [0.05, 0.1) is 24.7 Å². The molecule has 11 heavy (non-hydrogen) atoms. The fourth-order valence-electron chi connectivity index (χ4n) is 0.954. The van der Waals surface area contributed by atoms with Crippen molar-refractivity contribution in [2.45, 2.75) is 44.8 Å². The lowest BCUT2D eigenvalue weighted by Gasteiger charge is -2.11. The van der Waals surface area contributed by atoms with Crippen molar-refractivity contribution in [2.24, 2.45) is 0 Å². The van der Waals surface area contributed by atoms with Crippen molar-refractivity contribution >= 4 is 0 Å². The van der Waals surface area contributed by atoms with E-state index < -0.39 is 12.2 Å². The van der Waals surface area contributed by atoms with Crippen LogP contribution >= 0.6 is 0 Å². The molecule has 2 N–H and O–H groups in total. The van der Waals surface area contributed by atoms with Crippen LogP contribution in [-0.4, -0.2) is 22.4 Å². The van der Waals surface area contributed by atoms with E-state index in [9.17, 15) is 5.11 Å². The van der Waals surface area contributed by atoms with Crippen molar-refractivity contribution in [3.05, 3.63) is 0 Å². The van der Waals surface area contributed by atoms with E-state index in [-0.39, 0.29) is 6.42 Å². The molecule has 3 nitrogen and oxygen atoms in total. The fourth-order valence-corrected chi connectivity index (χ4v) is 0.954. The summed E-state index contributed by atoms with van der Waals surface area (Å²) in [6, 6.07) is 1.85. The number of nitrogens with zero attached hydrogens (tertiary/aromatic N) is 1. The van der Waals surface area contributed by atoms with Gasteiger partial charge in [0.2, 0.25) is 0 Å². The highest BCUT2D eigenvalue weighted by Gasteiger charge is 2.09. The Balaban J connectivity index is 3.41. The molecule has 2 atom stereocenters. The number of nitriles is 1. The molecule has 0 amide bonds. The zero-order valence-corrected chi connectivity index (χ0v) is 6.82. The van der Waals surface area contributed by atoms with E-state index >= 15 is 0 Å². The summed E-state index contributed by atoms with van der Waals surface area (Å²) in [4.78, 5) is 0. The Bertz CT molecular complexity index is 131. The Morgan fingerprint density at radius 1 is 1.36 bits per heavy atom. The summed E-state index contributed by atoms with van der Waals surface area (Å²) >= 11 is 0. The SMILES string of the molecule is CCCC(O)CC(O)CC#N. The van der Waals surface area contributed by atoms with Crippen LogP contribution in [0.2, 0.25) is 0 Å². The molecule has 0 spiro atoms. The van der Waals surface area contributed by atoms with Gasteiger partial charge in [-0.05, 0) is 6.42 Å². The first-order chi connectivity index (χ1) is 5.20. The topological polar surface area (TPSA) is 64.2 Å². The average molecular weight is 157 g/mol.